The zero-order chi connectivity index (χ0) is 23.7. The van der Waals surface area contributed by atoms with E-state index in [1.54, 1.807) is 0 Å². The van der Waals surface area contributed by atoms with E-state index in [9.17, 15) is 14.4 Å². The number of carboxylic acid groups (broad SMARTS) is 1. The normalized spacial score (nSPS) is 21.5. The van der Waals surface area contributed by atoms with Gasteiger partial charge in [0.25, 0.3) is 0 Å². The second-order valence-corrected chi connectivity index (χ2v) is 9.72. The maximum absolute atomic E-state index is 12.7. The molecule has 34 heavy (non-hydrogen) atoms. The number of carboxylic acids is 1. The summed E-state index contributed by atoms with van der Waals surface area (Å²) >= 11 is 0. The Labute approximate surface area is 198 Å². The predicted molar refractivity (Wildman–Crippen MR) is 126 cm³/mol. The number of carbonyl (C=O) groups excluding carboxylic acids is 2. The Hall–Kier alpha value is -3.35. The predicted octanol–water partition coefficient (Wildman–Crippen LogP) is 3.92. The van der Waals surface area contributed by atoms with Gasteiger partial charge >= 0.3 is 12.1 Å². The number of hydrogen-bond acceptors (Lipinski definition) is 4. The zero-order valence-corrected chi connectivity index (χ0v) is 19.0. The molecule has 0 bridgehead atoms. The molecule has 0 spiro atoms. The van der Waals surface area contributed by atoms with Gasteiger partial charge < -0.3 is 20.5 Å². The van der Waals surface area contributed by atoms with Crippen molar-refractivity contribution in [2.24, 2.45) is 17.8 Å². The number of amides is 2. The van der Waals surface area contributed by atoms with Crippen molar-refractivity contribution in [1.29, 1.82) is 0 Å². The lowest BCUT2D eigenvalue weighted by molar-refractivity contribution is -0.139. The first-order chi connectivity index (χ1) is 16.5. The van der Waals surface area contributed by atoms with Crippen LogP contribution in [0.3, 0.4) is 0 Å². The first-order valence-electron chi connectivity index (χ1n) is 12.1. The van der Waals surface area contributed by atoms with Crippen LogP contribution in [0.2, 0.25) is 0 Å². The first-order valence-corrected chi connectivity index (χ1v) is 12.1. The Morgan fingerprint density at radius 3 is 2.21 bits per heavy atom. The molecule has 178 valence electrons. The molecule has 3 aliphatic rings. The van der Waals surface area contributed by atoms with Gasteiger partial charge in [0.05, 0.1) is 5.92 Å². The topological polar surface area (TPSA) is 105 Å². The van der Waals surface area contributed by atoms with Crippen molar-refractivity contribution in [2.45, 2.75) is 44.1 Å². The van der Waals surface area contributed by atoms with Crippen LogP contribution in [0.15, 0.2) is 48.5 Å². The van der Waals surface area contributed by atoms with Gasteiger partial charge in [0.15, 0.2) is 0 Å². The van der Waals surface area contributed by atoms with Crippen molar-refractivity contribution in [1.82, 2.24) is 10.6 Å². The van der Waals surface area contributed by atoms with Crippen molar-refractivity contribution in [3.8, 4) is 11.1 Å². The third-order valence-corrected chi connectivity index (χ3v) is 7.57. The summed E-state index contributed by atoms with van der Waals surface area (Å²) in [6.07, 6.45) is 3.34. The molecular weight excluding hydrogens is 432 g/mol. The third-order valence-electron chi connectivity index (χ3n) is 7.57. The number of rotatable bonds is 9. The lowest BCUT2D eigenvalue weighted by Gasteiger charge is -2.33. The van der Waals surface area contributed by atoms with E-state index in [1.807, 2.05) is 24.3 Å². The molecule has 0 heterocycles. The third kappa shape index (κ3) is 4.65. The highest BCUT2D eigenvalue weighted by atomic mass is 16.5. The van der Waals surface area contributed by atoms with Gasteiger partial charge in [-0.15, -0.1) is 0 Å². The molecule has 5 rings (SSSR count). The van der Waals surface area contributed by atoms with Gasteiger partial charge in [-0.05, 0) is 53.4 Å². The molecule has 7 nitrogen and oxygen atoms in total. The van der Waals surface area contributed by atoms with Crippen molar-refractivity contribution >= 4 is 18.0 Å². The summed E-state index contributed by atoms with van der Waals surface area (Å²) in [5.74, 6) is -1.04. The maximum atomic E-state index is 12.7. The Balaban J connectivity index is 1.16. The summed E-state index contributed by atoms with van der Waals surface area (Å²) in [4.78, 5) is 36.2. The molecule has 2 amide bonds. The number of aliphatic carboxylic acids is 1. The highest BCUT2D eigenvalue weighted by molar-refractivity contribution is 5.80. The molecule has 2 aromatic rings. The van der Waals surface area contributed by atoms with Crippen molar-refractivity contribution in [3.63, 3.8) is 0 Å². The van der Waals surface area contributed by atoms with E-state index in [-0.39, 0.29) is 48.6 Å². The minimum absolute atomic E-state index is 0.00988. The molecule has 0 radical (unpaired) electrons. The van der Waals surface area contributed by atoms with Crippen molar-refractivity contribution in [3.05, 3.63) is 59.7 Å². The monoisotopic (exact) mass is 462 g/mol. The van der Waals surface area contributed by atoms with E-state index >= 15 is 0 Å². The number of hydrogen-bond donors (Lipinski definition) is 3. The second kappa shape index (κ2) is 9.49. The van der Waals surface area contributed by atoms with Gasteiger partial charge in [-0.2, -0.15) is 0 Å². The lowest BCUT2D eigenvalue weighted by Crippen LogP contribution is -2.46. The van der Waals surface area contributed by atoms with Crippen LogP contribution in [-0.2, 0) is 14.3 Å². The molecule has 1 unspecified atom stereocenters. The maximum Gasteiger partial charge on any atom is 0.407 e. The number of ether oxygens (including phenoxy) is 1. The van der Waals surface area contributed by atoms with E-state index in [1.165, 1.54) is 11.1 Å². The Morgan fingerprint density at radius 2 is 1.65 bits per heavy atom. The summed E-state index contributed by atoms with van der Waals surface area (Å²) in [6.45, 7) is 0.611. The van der Waals surface area contributed by atoms with Crippen LogP contribution in [0.25, 0.3) is 11.1 Å². The molecule has 7 heteroatoms. The summed E-state index contributed by atoms with van der Waals surface area (Å²) in [7, 11) is 0. The molecule has 2 fully saturated rings. The van der Waals surface area contributed by atoms with Crippen LogP contribution in [0.4, 0.5) is 4.79 Å². The largest absolute Gasteiger partial charge is 0.481 e. The van der Waals surface area contributed by atoms with Crippen LogP contribution < -0.4 is 10.6 Å². The first kappa shape index (κ1) is 22.4. The molecule has 0 aliphatic heterocycles. The van der Waals surface area contributed by atoms with E-state index in [0.717, 1.165) is 30.4 Å². The SMILES string of the molecule is O=C(CC(NC(=O)OCC1c2ccccc2-c2ccccc21)C1CCC1)NC[C@@H]1C[C@@H]1C(=O)O. The Bertz CT molecular complexity index is 1050. The summed E-state index contributed by atoms with van der Waals surface area (Å²) < 4.78 is 5.67. The molecule has 3 N–H and O–H groups in total. The summed E-state index contributed by atoms with van der Waals surface area (Å²) in [5, 5.41) is 14.8. The van der Waals surface area contributed by atoms with E-state index in [0.29, 0.717) is 13.0 Å². The smallest absolute Gasteiger partial charge is 0.407 e. The standard InChI is InChI=1S/C27H30N2O5/c30-25(28-14-17-12-22(17)26(31)32)13-24(16-6-5-7-16)29-27(33)34-15-23-20-10-3-1-8-18(20)19-9-2-4-11-21(19)23/h1-4,8-11,16-17,22-24H,5-7,12-15H2,(H,28,30)(H,29,33)(H,31,32)/t17-,22-,24?/m0/s1. The van der Waals surface area contributed by atoms with Crippen LogP contribution in [0.1, 0.15) is 49.1 Å². The fourth-order valence-electron chi connectivity index (χ4n) is 5.26. The van der Waals surface area contributed by atoms with Crippen LogP contribution in [0, 0.1) is 17.8 Å². The van der Waals surface area contributed by atoms with Crippen LogP contribution in [0.5, 0.6) is 0 Å². The van der Waals surface area contributed by atoms with Crippen molar-refractivity contribution in [2.75, 3.05) is 13.2 Å². The fraction of sp³-hybridized carbons (Fsp3) is 0.444. The number of nitrogens with one attached hydrogen (secondary N) is 2. The highest BCUT2D eigenvalue weighted by Crippen LogP contribution is 2.44. The van der Waals surface area contributed by atoms with Crippen LogP contribution >= 0.6 is 0 Å². The van der Waals surface area contributed by atoms with Crippen LogP contribution in [-0.4, -0.2) is 42.3 Å². The quantitative estimate of drug-likeness (QED) is 0.524. The number of benzene rings is 2. The number of alkyl carbamates (subject to hydrolysis) is 1. The molecule has 3 atom stereocenters. The van der Waals surface area contributed by atoms with Gasteiger partial charge in [-0.1, -0.05) is 55.0 Å². The fourth-order valence-corrected chi connectivity index (χ4v) is 5.26. The average molecular weight is 463 g/mol. The molecule has 2 saturated carbocycles. The van der Waals surface area contributed by atoms with Crippen molar-refractivity contribution < 1.29 is 24.2 Å². The Morgan fingerprint density at radius 1 is 1.00 bits per heavy atom. The lowest BCUT2D eigenvalue weighted by atomic mass is 9.78. The van der Waals surface area contributed by atoms with Gasteiger partial charge in [-0.25, -0.2) is 4.79 Å². The zero-order valence-electron chi connectivity index (χ0n) is 19.0. The summed E-state index contributed by atoms with van der Waals surface area (Å²) in [6, 6.07) is 16.1. The molecule has 2 aromatic carbocycles. The summed E-state index contributed by atoms with van der Waals surface area (Å²) in [5.41, 5.74) is 4.67. The second-order valence-electron chi connectivity index (χ2n) is 9.72. The number of carbonyl (C=O) groups is 3. The van der Waals surface area contributed by atoms with Gasteiger partial charge in [0.1, 0.15) is 6.61 Å². The average Bonchev–Trinajstić information content (AvgIpc) is 3.51. The molecule has 0 aromatic heterocycles. The minimum Gasteiger partial charge on any atom is -0.481 e. The number of fused-ring (bicyclic) bond motifs is 3. The van der Waals surface area contributed by atoms with Gasteiger partial charge in [-0.3, -0.25) is 9.59 Å². The van der Waals surface area contributed by atoms with Gasteiger partial charge in [0.2, 0.25) is 5.91 Å². The van der Waals surface area contributed by atoms with E-state index < -0.39 is 12.1 Å². The minimum atomic E-state index is -0.802. The molecule has 0 saturated heterocycles. The molecular formula is C27H30N2O5. The Kier molecular flexibility index (Phi) is 6.26. The van der Waals surface area contributed by atoms with Gasteiger partial charge in [0, 0.05) is 24.9 Å². The van der Waals surface area contributed by atoms with E-state index in [4.69, 9.17) is 9.84 Å². The molecule has 3 aliphatic carbocycles. The highest BCUT2D eigenvalue weighted by Gasteiger charge is 2.43. The van der Waals surface area contributed by atoms with E-state index in [2.05, 4.69) is 34.9 Å².